The monoisotopic (exact) mass is 580 g/mol. The standard InChI is InChI=1S/C7H16.8C2H4O2/c1-3-5-7-6-4-2;8*1-2(3)4/h3-7H2,1-2H3;8*1H3,(H,3,4). The molecule has 0 saturated carbocycles. The van der Waals surface area contributed by atoms with E-state index in [9.17, 15) is 0 Å². The van der Waals surface area contributed by atoms with Crippen molar-refractivity contribution < 1.29 is 79.2 Å². The summed E-state index contributed by atoms with van der Waals surface area (Å²) in [6.45, 7) is 13.2. The number of rotatable bonds is 4. The fourth-order valence-corrected chi connectivity index (χ4v) is 0.677. The molecule has 16 nitrogen and oxygen atoms in total. The van der Waals surface area contributed by atoms with Crippen molar-refractivity contribution in [3.05, 3.63) is 0 Å². The Labute approximate surface area is 228 Å². The van der Waals surface area contributed by atoms with Crippen LogP contribution in [0.3, 0.4) is 0 Å². The van der Waals surface area contributed by atoms with Gasteiger partial charge in [0.1, 0.15) is 0 Å². The zero-order valence-electron chi connectivity index (χ0n) is 24.4. The van der Waals surface area contributed by atoms with Gasteiger partial charge in [0.15, 0.2) is 0 Å². The molecule has 0 aromatic rings. The molecule has 0 atom stereocenters. The minimum Gasteiger partial charge on any atom is -0.481 e. The van der Waals surface area contributed by atoms with E-state index in [2.05, 4.69) is 13.8 Å². The molecule has 0 aromatic carbocycles. The van der Waals surface area contributed by atoms with Crippen molar-refractivity contribution in [3.63, 3.8) is 0 Å². The summed E-state index contributed by atoms with van der Waals surface area (Å²) in [6.07, 6.45) is 7.01. The summed E-state index contributed by atoms with van der Waals surface area (Å²) in [5, 5.41) is 59.3. The number of carbonyl (C=O) groups is 8. The molecule has 16 heteroatoms. The molecule has 0 aliphatic rings. The minimum absolute atomic E-state index is 0.833. The average Bonchev–Trinajstić information content (AvgIpc) is 2.58. The second-order valence-electron chi connectivity index (χ2n) is 6.21. The molecule has 0 aromatic heterocycles. The first-order valence-electron chi connectivity index (χ1n) is 10.8. The Hall–Kier alpha value is -4.24. The van der Waals surface area contributed by atoms with Crippen molar-refractivity contribution in [3.8, 4) is 0 Å². The molecule has 0 radical (unpaired) electrons. The lowest BCUT2D eigenvalue weighted by Crippen LogP contribution is -1.78. The quantitative estimate of drug-likeness (QED) is 0.220. The van der Waals surface area contributed by atoms with Gasteiger partial charge >= 0.3 is 0 Å². The smallest absolute Gasteiger partial charge is 0.300 e. The Balaban J connectivity index is -0.0000000374. The topological polar surface area (TPSA) is 298 Å². The lowest BCUT2D eigenvalue weighted by Gasteiger charge is -1.90. The van der Waals surface area contributed by atoms with E-state index < -0.39 is 47.8 Å². The molecule has 0 spiro atoms. The number of aliphatic carboxylic acids is 8. The van der Waals surface area contributed by atoms with E-state index in [-0.39, 0.29) is 0 Å². The fourth-order valence-electron chi connectivity index (χ4n) is 0.677. The number of carboxylic acids is 8. The first-order valence-corrected chi connectivity index (χ1v) is 10.8. The van der Waals surface area contributed by atoms with Crippen molar-refractivity contribution in [2.45, 2.75) is 101 Å². The molecule has 0 aliphatic carbocycles. The fraction of sp³-hybridized carbons (Fsp3) is 0.652. The van der Waals surface area contributed by atoms with Crippen molar-refractivity contribution in [2.75, 3.05) is 0 Å². The van der Waals surface area contributed by atoms with Gasteiger partial charge in [-0.2, -0.15) is 0 Å². The molecule has 0 rings (SSSR count). The number of hydrogen-bond donors (Lipinski definition) is 8. The molecule has 39 heavy (non-hydrogen) atoms. The summed E-state index contributed by atoms with van der Waals surface area (Å²) in [6, 6.07) is 0. The molecule has 0 saturated heterocycles. The van der Waals surface area contributed by atoms with Crippen molar-refractivity contribution >= 4 is 47.8 Å². The van der Waals surface area contributed by atoms with Crippen LogP contribution >= 0.6 is 0 Å². The number of unbranched alkanes of at least 4 members (excludes halogenated alkanes) is 4. The van der Waals surface area contributed by atoms with E-state index in [1.807, 2.05) is 0 Å². The highest BCUT2D eigenvalue weighted by atomic mass is 16.4. The lowest BCUT2D eigenvalue weighted by atomic mass is 10.2. The highest BCUT2D eigenvalue weighted by Crippen LogP contribution is 2.00. The van der Waals surface area contributed by atoms with Gasteiger partial charge in [-0.05, 0) is 0 Å². The number of hydrogen-bond acceptors (Lipinski definition) is 8. The highest BCUT2D eigenvalue weighted by Gasteiger charge is 1.80. The predicted octanol–water partition coefficient (Wildman–Crippen LogP) is 3.70. The maximum atomic E-state index is 9.00. The maximum Gasteiger partial charge on any atom is 0.300 e. The van der Waals surface area contributed by atoms with Crippen LogP contribution in [0.5, 0.6) is 0 Å². The van der Waals surface area contributed by atoms with Crippen molar-refractivity contribution in [1.29, 1.82) is 0 Å². The van der Waals surface area contributed by atoms with Crippen molar-refractivity contribution in [2.24, 2.45) is 0 Å². The maximum absolute atomic E-state index is 9.00. The van der Waals surface area contributed by atoms with E-state index in [1.165, 1.54) is 32.1 Å². The third-order valence-electron chi connectivity index (χ3n) is 1.21. The van der Waals surface area contributed by atoms with Crippen LogP contribution in [0.15, 0.2) is 0 Å². The van der Waals surface area contributed by atoms with Gasteiger partial charge < -0.3 is 40.9 Å². The molecular weight excluding hydrogens is 532 g/mol. The number of carboxylic acid groups (broad SMARTS) is 8. The van der Waals surface area contributed by atoms with Crippen LogP contribution in [0.25, 0.3) is 0 Å². The van der Waals surface area contributed by atoms with Gasteiger partial charge in [-0.15, -0.1) is 0 Å². The van der Waals surface area contributed by atoms with Crippen LogP contribution in [0.1, 0.15) is 101 Å². The Morgan fingerprint density at radius 2 is 0.385 bits per heavy atom. The van der Waals surface area contributed by atoms with Crippen LogP contribution in [-0.2, 0) is 38.4 Å². The second kappa shape index (κ2) is 59.1. The van der Waals surface area contributed by atoms with Gasteiger partial charge in [0.25, 0.3) is 47.8 Å². The summed E-state index contributed by atoms with van der Waals surface area (Å²) >= 11 is 0. The normalized spacial score (nSPS) is 6.82. The van der Waals surface area contributed by atoms with Crippen LogP contribution in [0, 0.1) is 0 Å². The summed E-state index contributed by atoms with van der Waals surface area (Å²) in [4.78, 5) is 72.0. The van der Waals surface area contributed by atoms with E-state index >= 15 is 0 Å². The Morgan fingerprint density at radius 3 is 0.436 bits per heavy atom. The summed E-state index contributed by atoms with van der Waals surface area (Å²) in [5.41, 5.74) is 0. The highest BCUT2D eigenvalue weighted by molar-refractivity contribution is 5.64. The molecule has 0 amide bonds. The Bertz CT molecular complexity index is 433. The van der Waals surface area contributed by atoms with Crippen molar-refractivity contribution in [1.82, 2.24) is 0 Å². The van der Waals surface area contributed by atoms with Gasteiger partial charge in [0, 0.05) is 55.4 Å². The first-order chi connectivity index (χ1) is 17.3. The molecule has 0 heterocycles. The van der Waals surface area contributed by atoms with Crippen LogP contribution in [0.4, 0.5) is 0 Å². The zero-order valence-corrected chi connectivity index (χ0v) is 24.4. The summed E-state index contributed by atoms with van der Waals surface area (Å²) in [7, 11) is 0. The van der Waals surface area contributed by atoms with Crippen LogP contribution in [0.2, 0.25) is 0 Å². The SMILES string of the molecule is CC(=O)O.CC(=O)O.CC(=O)O.CC(=O)O.CC(=O)O.CC(=O)O.CC(=O)O.CC(=O)O.CCCCCCC. The predicted molar refractivity (Wildman–Crippen MR) is 141 cm³/mol. The van der Waals surface area contributed by atoms with E-state index in [0.717, 1.165) is 55.4 Å². The van der Waals surface area contributed by atoms with E-state index in [0.29, 0.717) is 0 Å². The largest absolute Gasteiger partial charge is 0.481 e. The molecule has 0 bridgehead atoms. The van der Waals surface area contributed by atoms with E-state index in [1.54, 1.807) is 0 Å². The van der Waals surface area contributed by atoms with Gasteiger partial charge in [0.2, 0.25) is 0 Å². The Kier molecular flexibility index (Phi) is 90.5. The summed E-state index contributed by atoms with van der Waals surface area (Å²) in [5.74, 6) is -6.67. The molecule has 0 unspecified atom stereocenters. The zero-order chi connectivity index (χ0) is 34.2. The second-order valence-corrected chi connectivity index (χ2v) is 6.21. The molecule has 236 valence electrons. The van der Waals surface area contributed by atoms with Gasteiger partial charge in [-0.1, -0.05) is 46.0 Å². The van der Waals surface area contributed by atoms with E-state index in [4.69, 9.17) is 79.2 Å². The van der Waals surface area contributed by atoms with Gasteiger partial charge in [-0.25, -0.2) is 0 Å². The third-order valence-corrected chi connectivity index (χ3v) is 1.21. The average molecular weight is 581 g/mol. The van der Waals surface area contributed by atoms with Crippen LogP contribution < -0.4 is 0 Å². The molecular formula is C23H48O16. The van der Waals surface area contributed by atoms with Gasteiger partial charge in [-0.3, -0.25) is 38.4 Å². The summed E-state index contributed by atoms with van der Waals surface area (Å²) < 4.78 is 0. The minimum atomic E-state index is -0.833. The molecule has 8 N–H and O–H groups in total. The van der Waals surface area contributed by atoms with Crippen LogP contribution in [-0.4, -0.2) is 88.6 Å². The lowest BCUT2D eigenvalue weighted by molar-refractivity contribution is -0.135. The third kappa shape index (κ3) is 591000. The van der Waals surface area contributed by atoms with Gasteiger partial charge in [0.05, 0.1) is 0 Å². The molecule has 0 aliphatic heterocycles. The molecule has 0 fully saturated rings. The Morgan fingerprint density at radius 1 is 0.308 bits per heavy atom. The first kappa shape index (κ1) is 59.7.